The number of hydrogen-bond acceptors (Lipinski definition) is 5. The maximum absolute atomic E-state index is 12.5. The Balaban J connectivity index is 1.37. The average Bonchev–Trinajstić information content (AvgIpc) is 3.09. The third-order valence-electron chi connectivity index (χ3n) is 5.34. The number of piperidine rings is 1. The predicted molar refractivity (Wildman–Crippen MR) is 101 cm³/mol. The minimum atomic E-state index is -0.107. The number of nitrogens with one attached hydrogen (secondary N) is 1. The SMILES string of the molecule is Cc1ccc(CCNC(=O)[C@H]2CCC(=O)N(CCCN3CCOCC3)C2)o1. The van der Waals surface area contributed by atoms with Gasteiger partial charge in [0.2, 0.25) is 11.8 Å². The van der Waals surface area contributed by atoms with Gasteiger partial charge in [0.15, 0.2) is 0 Å². The number of ether oxygens (including phenoxy) is 1. The lowest BCUT2D eigenvalue weighted by Gasteiger charge is -2.33. The maximum Gasteiger partial charge on any atom is 0.224 e. The van der Waals surface area contributed by atoms with Crippen LogP contribution in [0.5, 0.6) is 0 Å². The van der Waals surface area contributed by atoms with Crippen molar-refractivity contribution in [1.29, 1.82) is 0 Å². The molecule has 0 radical (unpaired) electrons. The molecule has 0 aliphatic carbocycles. The normalized spacial score (nSPS) is 21.4. The van der Waals surface area contributed by atoms with Gasteiger partial charge in [0.05, 0.1) is 19.1 Å². The lowest BCUT2D eigenvalue weighted by atomic mass is 9.96. The van der Waals surface area contributed by atoms with Crippen LogP contribution in [0.2, 0.25) is 0 Å². The molecule has 2 aliphatic rings. The van der Waals surface area contributed by atoms with Gasteiger partial charge in [0, 0.05) is 52.1 Å². The van der Waals surface area contributed by atoms with Crippen molar-refractivity contribution in [2.75, 3.05) is 52.5 Å². The van der Waals surface area contributed by atoms with Gasteiger partial charge in [-0.05, 0) is 31.9 Å². The van der Waals surface area contributed by atoms with E-state index >= 15 is 0 Å². The number of nitrogens with zero attached hydrogens (tertiary/aromatic N) is 2. The summed E-state index contributed by atoms with van der Waals surface area (Å²) in [5, 5.41) is 2.99. The molecule has 150 valence electrons. The number of hydrogen-bond donors (Lipinski definition) is 1. The van der Waals surface area contributed by atoms with Gasteiger partial charge in [-0.3, -0.25) is 14.5 Å². The Hall–Kier alpha value is -1.86. The molecule has 1 N–H and O–H groups in total. The van der Waals surface area contributed by atoms with E-state index in [9.17, 15) is 9.59 Å². The summed E-state index contributed by atoms with van der Waals surface area (Å²) < 4.78 is 10.9. The molecule has 2 fully saturated rings. The van der Waals surface area contributed by atoms with Crippen molar-refractivity contribution in [3.8, 4) is 0 Å². The minimum Gasteiger partial charge on any atom is -0.466 e. The van der Waals surface area contributed by atoms with E-state index in [2.05, 4.69) is 10.2 Å². The van der Waals surface area contributed by atoms with Crippen LogP contribution < -0.4 is 5.32 Å². The molecular weight excluding hydrogens is 346 g/mol. The molecule has 0 bridgehead atoms. The zero-order valence-corrected chi connectivity index (χ0v) is 16.2. The summed E-state index contributed by atoms with van der Waals surface area (Å²) in [6.07, 6.45) is 2.74. The van der Waals surface area contributed by atoms with Crippen LogP contribution in [-0.2, 0) is 20.7 Å². The fourth-order valence-electron chi connectivity index (χ4n) is 3.73. The summed E-state index contributed by atoms with van der Waals surface area (Å²) in [6, 6.07) is 3.87. The highest BCUT2D eigenvalue weighted by Gasteiger charge is 2.29. The molecule has 0 spiro atoms. The van der Waals surface area contributed by atoms with Gasteiger partial charge in [-0.15, -0.1) is 0 Å². The van der Waals surface area contributed by atoms with Crippen LogP contribution in [0.1, 0.15) is 30.8 Å². The van der Waals surface area contributed by atoms with E-state index in [1.807, 2.05) is 24.0 Å². The van der Waals surface area contributed by atoms with Crippen LogP contribution in [0.25, 0.3) is 0 Å². The fourth-order valence-corrected chi connectivity index (χ4v) is 3.73. The predicted octanol–water partition coefficient (Wildman–Crippen LogP) is 1.21. The molecule has 27 heavy (non-hydrogen) atoms. The van der Waals surface area contributed by atoms with Gasteiger partial charge >= 0.3 is 0 Å². The number of morpholine rings is 1. The molecule has 2 aliphatic heterocycles. The number of rotatable bonds is 8. The first-order valence-electron chi connectivity index (χ1n) is 10.0. The zero-order valence-electron chi connectivity index (χ0n) is 16.2. The maximum atomic E-state index is 12.5. The summed E-state index contributed by atoms with van der Waals surface area (Å²) in [5.74, 6) is 1.88. The van der Waals surface area contributed by atoms with Gasteiger partial charge in [0.1, 0.15) is 11.5 Å². The molecule has 3 rings (SSSR count). The van der Waals surface area contributed by atoms with E-state index in [0.29, 0.717) is 32.4 Å². The van der Waals surface area contributed by atoms with Crippen LogP contribution in [0, 0.1) is 12.8 Å². The number of likely N-dealkylation sites (tertiary alicyclic amines) is 1. The Kier molecular flexibility index (Phi) is 7.29. The Labute approximate surface area is 161 Å². The third kappa shape index (κ3) is 6.07. The Bertz CT molecular complexity index is 624. The van der Waals surface area contributed by atoms with Crippen LogP contribution in [0.4, 0.5) is 0 Å². The van der Waals surface area contributed by atoms with E-state index in [1.165, 1.54) is 0 Å². The molecule has 7 nitrogen and oxygen atoms in total. The van der Waals surface area contributed by atoms with Crippen molar-refractivity contribution >= 4 is 11.8 Å². The van der Waals surface area contributed by atoms with Crippen molar-refractivity contribution in [3.05, 3.63) is 23.7 Å². The molecule has 1 atom stereocenters. The first kappa shape index (κ1) is 19.9. The van der Waals surface area contributed by atoms with Gasteiger partial charge in [-0.1, -0.05) is 0 Å². The van der Waals surface area contributed by atoms with Crippen LogP contribution >= 0.6 is 0 Å². The second-order valence-corrected chi connectivity index (χ2v) is 7.44. The summed E-state index contributed by atoms with van der Waals surface area (Å²) >= 11 is 0. The van der Waals surface area contributed by atoms with Crippen molar-refractivity contribution in [3.63, 3.8) is 0 Å². The zero-order chi connectivity index (χ0) is 19.1. The lowest BCUT2D eigenvalue weighted by molar-refractivity contribution is -0.138. The quantitative estimate of drug-likeness (QED) is 0.737. The molecular formula is C20H31N3O4. The minimum absolute atomic E-state index is 0.0453. The standard InChI is InChI=1S/C20H31N3O4/c1-16-3-5-18(27-16)7-8-21-20(25)17-4-6-19(24)23(15-17)10-2-9-22-11-13-26-14-12-22/h3,5,17H,2,4,6-15H2,1H3,(H,21,25)/t17-/m0/s1. The molecule has 3 heterocycles. The van der Waals surface area contributed by atoms with Crippen molar-refractivity contribution in [1.82, 2.24) is 15.1 Å². The first-order valence-corrected chi connectivity index (χ1v) is 10.0. The summed E-state index contributed by atoms with van der Waals surface area (Å²) in [7, 11) is 0. The first-order chi connectivity index (χ1) is 13.1. The number of furan rings is 1. The number of carbonyl (C=O) groups is 2. The summed E-state index contributed by atoms with van der Waals surface area (Å²) in [4.78, 5) is 28.9. The Morgan fingerprint density at radius 1 is 1.26 bits per heavy atom. The smallest absolute Gasteiger partial charge is 0.224 e. The third-order valence-corrected chi connectivity index (χ3v) is 5.34. The molecule has 7 heteroatoms. The highest BCUT2D eigenvalue weighted by atomic mass is 16.5. The monoisotopic (exact) mass is 377 g/mol. The van der Waals surface area contributed by atoms with E-state index in [-0.39, 0.29) is 17.7 Å². The van der Waals surface area contributed by atoms with E-state index < -0.39 is 0 Å². The van der Waals surface area contributed by atoms with E-state index in [0.717, 1.165) is 57.3 Å². The fraction of sp³-hybridized carbons (Fsp3) is 0.700. The molecule has 0 unspecified atom stereocenters. The van der Waals surface area contributed by atoms with Crippen molar-refractivity contribution < 1.29 is 18.7 Å². The highest BCUT2D eigenvalue weighted by Crippen LogP contribution is 2.18. The van der Waals surface area contributed by atoms with Crippen LogP contribution in [0.3, 0.4) is 0 Å². The molecule has 1 aromatic heterocycles. The van der Waals surface area contributed by atoms with Crippen molar-refractivity contribution in [2.45, 2.75) is 32.6 Å². The molecule has 1 aromatic rings. The van der Waals surface area contributed by atoms with Crippen molar-refractivity contribution in [2.24, 2.45) is 5.92 Å². The van der Waals surface area contributed by atoms with Gasteiger partial charge in [-0.2, -0.15) is 0 Å². The molecule has 0 aromatic carbocycles. The summed E-state index contributed by atoms with van der Waals surface area (Å²) in [6.45, 7) is 8.24. The number of amides is 2. The lowest BCUT2D eigenvalue weighted by Crippen LogP contribution is -2.47. The van der Waals surface area contributed by atoms with E-state index in [4.69, 9.17) is 9.15 Å². The Morgan fingerprint density at radius 2 is 2.07 bits per heavy atom. The number of aryl methyl sites for hydroxylation is 1. The van der Waals surface area contributed by atoms with Crippen LogP contribution in [-0.4, -0.2) is 74.1 Å². The van der Waals surface area contributed by atoms with Gasteiger partial charge in [-0.25, -0.2) is 0 Å². The number of carbonyl (C=O) groups excluding carboxylic acids is 2. The average molecular weight is 377 g/mol. The summed E-state index contributed by atoms with van der Waals surface area (Å²) in [5.41, 5.74) is 0. The highest BCUT2D eigenvalue weighted by molar-refractivity contribution is 5.83. The topological polar surface area (TPSA) is 75.0 Å². The van der Waals surface area contributed by atoms with Crippen LogP contribution in [0.15, 0.2) is 16.5 Å². The van der Waals surface area contributed by atoms with Gasteiger partial charge < -0.3 is 19.4 Å². The molecule has 2 saturated heterocycles. The molecule has 2 amide bonds. The molecule has 0 saturated carbocycles. The van der Waals surface area contributed by atoms with Gasteiger partial charge in [0.25, 0.3) is 0 Å². The second kappa shape index (κ2) is 9.90. The Morgan fingerprint density at radius 3 is 2.81 bits per heavy atom. The van der Waals surface area contributed by atoms with E-state index in [1.54, 1.807) is 0 Å². The largest absolute Gasteiger partial charge is 0.466 e. The second-order valence-electron chi connectivity index (χ2n) is 7.44.